The van der Waals surface area contributed by atoms with E-state index in [4.69, 9.17) is 16.3 Å². The van der Waals surface area contributed by atoms with E-state index < -0.39 is 0 Å². The number of hydrazine groups is 1. The lowest BCUT2D eigenvalue weighted by atomic mass is 10.3. The summed E-state index contributed by atoms with van der Waals surface area (Å²) in [7, 11) is 0. The maximum atomic E-state index is 11.2. The minimum Gasteiger partial charge on any atom is -0.484 e. The Labute approximate surface area is 109 Å². The molecule has 1 amide bonds. The van der Waals surface area contributed by atoms with Gasteiger partial charge in [-0.15, -0.1) is 12.6 Å². The van der Waals surface area contributed by atoms with Crippen molar-refractivity contribution < 1.29 is 9.53 Å². The van der Waals surface area contributed by atoms with Crippen LogP contribution in [0, 0.1) is 0 Å². The molecule has 0 fully saturated rings. The van der Waals surface area contributed by atoms with Gasteiger partial charge in [0.2, 0.25) is 0 Å². The third kappa shape index (κ3) is 5.20. The highest BCUT2D eigenvalue weighted by Gasteiger charge is 2.01. The number of amides is 1. The highest BCUT2D eigenvalue weighted by molar-refractivity contribution is 8.11. The zero-order chi connectivity index (χ0) is 12.0. The highest BCUT2D eigenvalue weighted by atomic mass is 35.5. The van der Waals surface area contributed by atoms with Gasteiger partial charge in [-0.2, -0.15) is 0 Å². The summed E-state index contributed by atoms with van der Waals surface area (Å²) >= 11 is 14.1. The second-order valence-corrected chi connectivity index (χ2v) is 4.32. The molecule has 0 spiro atoms. The first-order chi connectivity index (χ1) is 7.58. The maximum Gasteiger partial charge on any atom is 0.276 e. The smallest absolute Gasteiger partial charge is 0.276 e. The predicted octanol–water partition coefficient (Wildman–Crippen LogP) is 1.55. The number of thiocarbonyl (C=S) groups is 1. The summed E-state index contributed by atoms with van der Waals surface area (Å²) < 4.78 is 5.36. The molecule has 2 N–H and O–H groups in total. The number of rotatable bonds is 3. The summed E-state index contributed by atoms with van der Waals surface area (Å²) in [5, 5.41) is 0.610. The van der Waals surface area contributed by atoms with Gasteiger partial charge in [-0.3, -0.25) is 15.6 Å². The molecular formula is C9H9ClN2O2S2. The van der Waals surface area contributed by atoms with E-state index in [2.05, 4.69) is 35.7 Å². The lowest BCUT2D eigenvalue weighted by Crippen LogP contribution is -2.41. The van der Waals surface area contributed by atoms with Gasteiger partial charge in [-0.05, 0) is 24.3 Å². The Kier molecular flexibility index (Phi) is 5.37. The first-order valence-electron chi connectivity index (χ1n) is 4.24. The molecule has 0 aromatic heterocycles. The predicted molar refractivity (Wildman–Crippen MR) is 69.8 cm³/mol. The van der Waals surface area contributed by atoms with Gasteiger partial charge in [-0.25, -0.2) is 0 Å². The SMILES string of the molecule is O=C(COc1ccc(Cl)cc1)NNC(=S)S. The lowest BCUT2D eigenvalue weighted by Gasteiger charge is -2.07. The maximum absolute atomic E-state index is 11.2. The van der Waals surface area contributed by atoms with E-state index in [0.717, 1.165) is 0 Å². The fourth-order valence-electron chi connectivity index (χ4n) is 0.839. The van der Waals surface area contributed by atoms with E-state index >= 15 is 0 Å². The van der Waals surface area contributed by atoms with Crippen molar-refractivity contribution in [3.8, 4) is 5.75 Å². The van der Waals surface area contributed by atoms with Crippen LogP contribution >= 0.6 is 36.4 Å². The normalized spacial score (nSPS) is 9.38. The summed E-state index contributed by atoms with van der Waals surface area (Å²) in [5.41, 5.74) is 4.69. The number of hydrogen-bond donors (Lipinski definition) is 3. The van der Waals surface area contributed by atoms with Crippen LogP contribution in [-0.4, -0.2) is 16.8 Å². The minimum absolute atomic E-state index is 0.120. The molecule has 0 saturated heterocycles. The lowest BCUT2D eigenvalue weighted by molar-refractivity contribution is -0.123. The zero-order valence-corrected chi connectivity index (χ0v) is 10.5. The van der Waals surface area contributed by atoms with E-state index in [0.29, 0.717) is 10.8 Å². The van der Waals surface area contributed by atoms with Crippen LogP contribution < -0.4 is 15.6 Å². The Morgan fingerprint density at radius 1 is 1.38 bits per heavy atom. The number of halogens is 1. The molecule has 1 aromatic carbocycles. The van der Waals surface area contributed by atoms with Gasteiger partial charge in [0.05, 0.1) is 0 Å². The van der Waals surface area contributed by atoms with Gasteiger partial charge in [0.1, 0.15) is 10.1 Å². The van der Waals surface area contributed by atoms with Crippen LogP contribution in [0.15, 0.2) is 24.3 Å². The molecule has 0 unspecified atom stereocenters. The van der Waals surface area contributed by atoms with Crippen LogP contribution in [0.1, 0.15) is 0 Å². The molecular weight excluding hydrogens is 268 g/mol. The average molecular weight is 277 g/mol. The number of carbonyl (C=O) groups excluding carboxylic acids is 1. The van der Waals surface area contributed by atoms with Crippen molar-refractivity contribution in [3.05, 3.63) is 29.3 Å². The van der Waals surface area contributed by atoms with Gasteiger partial charge in [0, 0.05) is 5.02 Å². The van der Waals surface area contributed by atoms with E-state index in [1.165, 1.54) is 0 Å². The molecule has 4 nitrogen and oxygen atoms in total. The number of benzene rings is 1. The van der Waals surface area contributed by atoms with Crippen molar-refractivity contribution in [2.24, 2.45) is 0 Å². The molecule has 0 heterocycles. The Morgan fingerprint density at radius 2 is 2.00 bits per heavy atom. The van der Waals surface area contributed by atoms with Gasteiger partial charge < -0.3 is 4.74 Å². The molecule has 16 heavy (non-hydrogen) atoms. The molecule has 86 valence electrons. The van der Waals surface area contributed by atoms with E-state index in [1.807, 2.05) is 0 Å². The summed E-state index contributed by atoms with van der Waals surface area (Å²) in [6.07, 6.45) is 0. The molecule has 7 heteroatoms. The number of thiol groups is 1. The Hall–Kier alpha value is -0.980. The number of hydrogen-bond acceptors (Lipinski definition) is 3. The molecule has 1 aromatic rings. The summed E-state index contributed by atoms with van der Waals surface area (Å²) in [6, 6.07) is 6.70. The van der Waals surface area contributed by atoms with Crippen molar-refractivity contribution in [2.45, 2.75) is 0 Å². The first-order valence-corrected chi connectivity index (χ1v) is 5.47. The summed E-state index contributed by atoms with van der Waals surface area (Å²) in [4.78, 5) is 11.2. The largest absolute Gasteiger partial charge is 0.484 e. The van der Waals surface area contributed by atoms with Crippen molar-refractivity contribution in [1.82, 2.24) is 10.9 Å². The molecule has 0 aliphatic carbocycles. The first kappa shape index (κ1) is 13.1. The van der Waals surface area contributed by atoms with Gasteiger partial charge in [-0.1, -0.05) is 23.8 Å². The molecule has 1 rings (SSSR count). The molecule has 0 atom stereocenters. The van der Waals surface area contributed by atoms with Crippen molar-refractivity contribution in [3.63, 3.8) is 0 Å². The van der Waals surface area contributed by atoms with Crippen LogP contribution in [0.25, 0.3) is 0 Å². The quantitative estimate of drug-likeness (QED) is 0.445. The van der Waals surface area contributed by atoms with Gasteiger partial charge in [0.25, 0.3) is 5.91 Å². The van der Waals surface area contributed by atoms with Gasteiger partial charge >= 0.3 is 0 Å². The van der Waals surface area contributed by atoms with Crippen LogP contribution in [0.5, 0.6) is 5.75 Å². The fraction of sp³-hybridized carbons (Fsp3) is 0.111. The molecule has 0 bridgehead atoms. The Bertz CT molecular complexity index is 384. The third-order valence-electron chi connectivity index (χ3n) is 1.49. The number of nitrogens with one attached hydrogen (secondary N) is 2. The van der Waals surface area contributed by atoms with Crippen molar-refractivity contribution in [2.75, 3.05) is 6.61 Å². The standard InChI is InChI=1S/C9H9ClN2O2S2/c10-6-1-3-7(4-2-6)14-5-8(13)11-12-9(15)16/h1-4H,5H2,(H,11,13)(H2,12,15,16). The zero-order valence-electron chi connectivity index (χ0n) is 8.07. The number of carbonyl (C=O) groups is 1. The van der Waals surface area contributed by atoms with Crippen molar-refractivity contribution >= 4 is 46.7 Å². The van der Waals surface area contributed by atoms with E-state index in [1.54, 1.807) is 24.3 Å². The Balaban J connectivity index is 2.31. The minimum atomic E-state index is -0.355. The van der Waals surface area contributed by atoms with Crippen LogP contribution in [0.3, 0.4) is 0 Å². The van der Waals surface area contributed by atoms with E-state index in [-0.39, 0.29) is 16.8 Å². The van der Waals surface area contributed by atoms with Crippen molar-refractivity contribution in [1.29, 1.82) is 0 Å². The van der Waals surface area contributed by atoms with Crippen LogP contribution in [-0.2, 0) is 4.79 Å². The molecule has 0 saturated carbocycles. The Morgan fingerprint density at radius 3 is 2.56 bits per heavy atom. The molecule has 0 radical (unpaired) electrons. The third-order valence-corrected chi connectivity index (χ3v) is 1.96. The summed E-state index contributed by atoms with van der Waals surface area (Å²) in [6.45, 7) is -0.120. The van der Waals surface area contributed by atoms with Crippen LogP contribution in [0.2, 0.25) is 5.02 Å². The highest BCUT2D eigenvalue weighted by Crippen LogP contribution is 2.15. The monoisotopic (exact) mass is 276 g/mol. The second kappa shape index (κ2) is 6.57. The second-order valence-electron chi connectivity index (χ2n) is 2.72. The van der Waals surface area contributed by atoms with Crippen LogP contribution in [0.4, 0.5) is 0 Å². The summed E-state index contributed by atoms with van der Waals surface area (Å²) in [5.74, 6) is 0.208. The molecule has 0 aliphatic heterocycles. The van der Waals surface area contributed by atoms with Gasteiger partial charge in [0.15, 0.2) is 6.61 Å². The topological polar surface area (TPSA) is 50.4 Å². The van der Waals surface area contributed by atoms with E-state index in [9.17, 15) is 4.79 Å². The molecule has 0 aliphatic rings. The average Bonchev–Trinajstić information content (AvgIpc) is 2.25. The number of ether oxygens (including phenoxy) is 1. The fourth-order valence-corrected chi connectivity index (χ4v) is 1.07.